The summed E-state index contributed by atoms with van der Waals surface area (Å²) >= 11 is 0. The van der Waals surface area contributed by atoms with Crippen molar-refractivity contribution in [1.29, 1.82) is 0 Å². The fourth-order valence-electron chi connectivity index (χ4n) is 3.39. The second-order valence-electron chi connectivity index (χ2n) is 7.33. The Bertz CT molecular complexity index is 968. The molecule has 0 atom stereocenters. The van der Waals surface area contributed by atoms with E-state index in [0.29, 0.717) is 17.8 Å². The highest BCUT2D eigenvalue weighted by Gasteiger charge is 2.21. The van der Waals surface area contributed by atoms with Gasteiger partial charge in [0.2, 0.25) is 0 Å². The first-order chi connectivity index (χ1) is 14.4. The van der Waals surface area contributed by atoms with Crippen LogP contribution < -0.4 is 20.3 Å². The highest BCUT2D eigenvalue weighted by molar-refractivity contribution is 7.92. The fourth-order valence-corrected chi connectivity index (χ4v) is 4.45. The standard InChI is InChI=1S/C22H30N4O3S/c1-3-11-24-22(27)18-7-10-21(26-14-12-23-13-15-26)20(16-18)25-30(28,29)19-8-5-17(4-2)6-9-19/h5-10,16,23,25H,3-4,11-15H2,1-2H3,(H,24,27). The van der Waals surface area contributed by atoms with Crippen LogP contribution in [0.4, 0.5) is 11.4 Å². The summed E-state index contributed by atoms with van der Waals surface area (Å²) in [5.41, 5.74) is 2.70. The molecule has 1 aliphatic rings. The number of amides is 1. The number of benzene rings is 2. The molecule has 2 aromatic carbocycles. The Balaban J connectivity index is 1.94. The smallest absolute Gasteiger partial charge is 0.261 e. The minimum Gasteiger partial charge on any atom is -0.367 e. The zero-order valence-corrected chi connectivity index (χ0v) is 18.4. The Morgan fingerprint density at radius 2 is 1.77 bits per heavy atom. The molecule has 3 rings (SSSR count). The van der Waals surface area contributed by atoms with E-state index in [1.54, 1.807) is 24.3 Å². The third-order valence-corrected chi connectivity index (χ3v) is 6.52. The van der Waals surface area contributed by atoms with E-state index in [4.69, 9.17) is 0 Å². The molecule has 8 heteroatoms. The van der Waals surface area contributed by atoms with Crippen LogP contribution in [0.3, 0.4) is 0 Å². The van der Waals surface area contributed by atoms with E-state index in [1.165, 1.54) is 0 Å². The summed E-state index contributed by atoms with van der Waals surface area (Å²) in [5, 5.41) is 6.14. The van der Waals surface area contributed by atoms with Crippen LogP contribution in [0.15, 0.2) is 47.4 Å². The molecule has 0 unspecified atom stereocenters. The fraction of sp³-hybridized carbons (Fsp3) is 0.409. The van der Waals surface area contributed by atoms with E-state index in [-0.39, 0.29) is 10.8 Å². The third kappa shape index (κ3) is 5.31. The van der Waals surface area contributed by atoms with Gasteiger partial charge in [0.1, 0.15) is 0 Å². The molecule has 3 N–H and O–H groups in total. The average molecular weight is 431 g/mol. The van der Waals surface area contributed by atoms with Crippen molar-refractivity contribution in [2.75, 3.05) is 42.3 Å². The minimum absolute atomic E-state index is 0.201. The van der Waals surface area contributed by atoms with Gasteiger partial charge in [0.15, 0.2) is 0 Å². The van der Waals surface area contributed by atoms with E-state index >= 15 is 0 Å². The lowest BCUT2D eigenvalue weighted by Crippen LogP contribution is -2.43. The lowest BCUT2D eigenvalue weighted by molar-refractivity contribution is 0.0953. The highest BCUT2D eigenvalue weighted by Crippen LogP contribution is 2.30. The molecule has 1 saturated heterocycles. The van der Waals surface area contributed by atoms with Crippen LogP contribution in [0.25, 0.3) is 0 Å². The van der Waals surface area contributed by atoms with Crippen LogP contribution in [-0.2, 0) is 16.4 Å². The zero-order valence-electron chi connectivity index (χ0n) is 17.6. The van der Waals surface area contributed by atoms with E-state index in [2.05, 4.69) is 20.3 Å². The number of carbonyl (C=O) groups excluding carboxylic acids is 1. The normalized spacial score (nSPS) is 14.4. The molecule has 0 spiro atoms. The van der Waals surface area contributed by atoms with Crippen molar-refractivity contribution in [3.8, 4) is 0 Å². The van der Waals surface area contributed by atoms with Crippen LogP contribution in [0.2, 0.25) is 0 Å². The summed E-state index contributed by atoms with van der Waals surface area (Å²) in [6.45, 7) is 7.76. The molecule has 7 nitrogen and oxygen atoms in total. The Kier molecular flexibility index (Phi) is 7.33. The zero-order chi connectivity index (χ0) is 21.6. The summed E-state index contributed by atoms with van der Waals surface area (Å²) in [5.74, 6) is -0.212. The van der Waals surface area contributed by atoms with Gasteiger partial charge < -0.3 is 15.5 Å². The Labute approximate surface area is 178 Å². The maximum atomic E-state index is 13.0. The van der Waals surface area contributed by atoms with Gasteiger partial charge in [-0.25, -0.2) is 8.42 Å². The number of nitrogens with one attached hydrogen (secondary N) is 3. The van der Waals surface area contributed by atoms with Gasteiger partial charge in [-0.3, -0.25) is 9.52 Å². The molecule has 1 heterocycles. The maximum Gasteiger partial charge on any atom is 0.261 e. The molecule has 162 valence electrons. The van der Waals surface area contributed by atoms with Gasteiger partial charge in [-0.2, -0.15) is 0 Å². The molecule has 0 saturated carbocycles. The number of anilines is 2. The van der Waals surface area contributed by atoms with Crippen molar-refractivity contribution in [2.45, 2.75) is 31.6 Å². The predicted octanol–water partition coefficient (Wildman–Crippen LogP) is 2.60. The van der Waals surface area contributed by atoms with Gasteiger partial charge in [-0.15, -0.1) is 0 Å². The van der Waals surface area contributed by atoms with Crippen molar-refractivity contribution in [2.24, 2.45) is 0 Å². The monoisotopic (exact) mass is 430 g/mol. The molecule has 1 aliphatic heterocycles. The van der Waals surface area contributed by atoms with Crippen molar-refractivity contribution < 1.29 is 13.2 Å². The number of hydrogen-bond acceptors (Lipinski definition) is 5. The van der Waals surface area contributed by atoms with Crippen molar-refractivity contribution in [3.05, 3.63) is 53.6 Å². The van der Waals surface area contributed by atoms with Gasteiger partial charge in [-0.05, 0) is 48.7 Å². The predicted molar refractivity (Wildman–Crippen MR) is 121 cm³/mol. The Morgan fingerprint density at radius 3 is 2.40 bits per heavy atom. The molecular weight excluding hydrogens is 400 g/mol. The second-order valence-corrected chi connectivity index (χ2v) is 9.01. The molecule has 1 fully saturated rings. The second kappa shape index (κ2) is 9.95. The largest absolute Gasteiger partial charge is 0.367 e. The topological polar surface area (TPSA) is 90.5 Å². The van der Waals surface area contributed by atoms with E-state index in [1.807, 2.05) is 32.0 Å². The number of sulfonamides is 1. The quantitative estimate of drug-likeness (QED) is 0.599. The SMILES string of the molecule is CCCNC(=O)c1ccc(N2CCNCC2)c(NS(=O)(=O)c2ccc(CC)cc2)c1. The molecule has 0 aliphatic carbocycles. The lowest BCUT2D eigenvalue weighted by atomic mass is 10.1. The summed E-state index contributed by atoms with van der Waals surface area (Å²) in [7, 11) is -3.78. The highest BCUT2D eigenvalue weighted by atomic mass is 32.2. The van der Waals surface area contributed by atoms with Crippen LogP contribution in [0, 0.1) is 0 Å². The number of nitrogens with zero attached hydrogens (tertiary/aromatic N) is 1. The van der Waals surface area contributed by atoms with Gasteiger partial charge in [-0.1, -0.05) is 26.0 Å². The maximum absolute atomic E-state index is 13.0. The lowest BCUT2D eigenvalue weighted by Gasteiger charge is -2.31. The van der Waals surface area contributed by atoms with Crippen molar-refractivity contribution in [1.82, 2.24) is 10.6 Å². The van der Waals surface area contributed by atoms with E-state index in [0.717, 1.165) is 50.3 Å². The van der Waals surface area contributed by atoms with E-state index < -0.39 is 10.0 Å². The van der Waals surface area contributed by atoms with Gasteiger partial charge >= 0.3 is 0 Å². The summed E-state index contributed by atoms with van der Waals surface area (Å²) in [6, 6.07) is 12.1. The first-order valence-corrected chi connectivity index (χ1v) is 11.9. The Hall–Kier alpha value is -2.58. The van der Waals surface area contributed by atoms with Crippen LogP contribution in [0.1, 0.15) is 36.2 Å². The first kappa shape index (κ1) is 22.1. The van der Waals surface area contributed by atoms with Crippen LogP contribution >= 0.6 is 0 Å². The number of piperazine rings is 1. The number of carbonyl (C=O) groups is 1. The molecule has 0 radical (unpaired) electrons. The van der Waals surface area contributed by atoms with Crippen molar-refractivity contribution in [3.63, 3.8) is 0 Å². The van der Waals surface area contributed by atoms with Gasteiger partial charge in [0.05, 0.1) is 16.3 Å². The summed E-state index contributed by atoms with van der Waals surface area (Å²) in [6.07, 6.45) is 1.67. The molecule has 1 amide bonds. The number of hydrogen-bond donors (Lipinski definition) is 3. The van der Waals surface area contributed by atoms with Gasteiger partial charge in [0, 0.05) is 38.3 Å². The van der Waals surface area contributed by atoms with Crippen LogP contribution in [-0.4, -0.2) is 47.0 Å². The number of aryl methyl sites for hydroxylation is 1. The first-order valence-electron chi connectivity index (χ1n) is 10.4. The Morgan fingerprint density at radius 1 is 1.07 bits per heavy atom. The summed E-state index contributed by atoms with van der Waals surface area (Å²) < 4.78 is 28.8. The minimum atomic E-state index is -3.78. The summed E-state index contributed by atoms with van der Waals surface area (Å²) in [4.78, 5) is 14.8. The molecule has 0 aromatic heterocycles. The van der Waals surface area contributed by atoms with Crippen molar-refractivity contribution >= 4 is 27.3 Å². The third-order valence-electron chi connectivity index (χ3n) is 5.14. The molecule has 30 heavy (non-hydrogen) atoms. The molecule has 2 aromatic rings. The van der Waals surface area contributed by atoms with Gasteiger partial charge in [0.25, 0.3) is 15.9 Å². The average Bonchev–Trinajstić information content (AvgIpc) is 2.77. The molecule has 0 bridgehead atoms. The number of rotatable bonds is 8. The van der Waals surface area contributed by atoms with Crippen LogP contribution in [0.5, 0.6) is 0 Å². The molecular formula is C22H30N4O3S. The van der Waals surface area contributed by atoms with E-state index in [9.17, 15) is 13.2 Å².